The summed E-state index contributed by atoms with van der Waals surface area (Å²) < 4.78 is 0. The Labute approximate surface area is 158 Å². The van der Waals surface area contributed by atoms with Crippen LogP contribution in [0.1, 0.15) is 19.3 Å². The number of rotatable bonds is 5. The van der Waals surface area contributed by atoms with Gasteiger partial charge >= 0.3 is 0 Å². The summed E-state index contributed by atoms with van der Waals surface area (Å²) in [5, 5.41) is 12.6. The Kier molecular flexibility index (Phi) is 6.34. The number of hydrogen-bond acceptors (Lipinski definition) is 4. The lowest BCUT2D eigenvalue weighted by atomic mass is 10.1. The van der Waals surface area contributed by atoms with Gasteiger partial charge in [0.25, 0.3) is 5.91 Å². The number of carbonyl (C=O) groups is 1. The van der Waals surface area contributed by atoms with E-state index in [-0.39, 0.29) is 11.5 Å². The Balaban J connectivity index is 1.74. The zero-order valence-electron chi connectivity index (χ0n) is 14.5. The maximum absolute atomic E-state index is 12.5. The molecule has 0 spiro atoms. The van der Waals surface area contributed by atoms with Crippen molar-refractivity contribution < 1.29 is 4.79 Å². The Morgan fingerprint density at radius 2 is 1.73 bits per heavy atom. The van der Waals surface area contributed by atoms with Crippen molar-refractivity contribution in [2.75, 3.05) is 18.4 Å². The molecule has 4 nitrogen and oxygen atoms in total. The van der Waals surface area contributed by atoms with Crippen LogP contribution in [0, 0.1) is 11.3 Å². The smallest absolute Gasteiger partial charge is 0.266 e. The fourth-order valence-corrected chi connectivity index (χ4v) is 3.78. The fourth-order valence-electron chi connectivity index (χ4n) is 2.85. The van der Waals surface area contributed by atoms with Crippen molar-refractivity contribution in [3.05, 3.63) is 66.4 Å². The molecule has 26 heavy (non-hydrogen) atoms. The van der Waals surface area contributed by atoms with Gasteiger partial charge < -0.3 is 10.2 Å². The molecule has 0 aromatic heterocycles. The molecule has 1 fully saturated rings. The minimum atomic E-state index is -0.187. The molecular formula is C21H21N3OS. The van der Waals surface area contributed by atoms with Crippen LogP contribution < -0.4 is 5.32 Å². The van der Waals surface area contributed by atoms with Crippen molar-refractivity contribution in [1.29, 1.82) is 5.26 Å². The highest BCUT2D eigenvalue weighted by atomic mass is 32.2. The van der Waals surface area contributed by atoms with E-state index in [2.05, 4.69) is 17.4 Å². The van der Waals surface area contributed by atoms with Crippen molar-refractivity contribution in [1.82, 2.24) is 4.90 Å². The summed E-state index contributed by atoms with van der Waals surface area (Å²) in [5.74, 6) is -0.187. The van der Waals surface area contributed by atoms with E-state index < -0.39 is 0 Å². The van der Waals surface area contributed by atoms with Crippen LogP contribution in [0.15, 0.2) is 76.2 Å². The highest BCUT2D eigenvalue weighted by Crippen LogP contribution is 2.33. The van der Waals surface area contributed by atoms with Gasteiger partial charge in [0.05, 0.1) is 5.69 Å². The third-order valence-electron chi connectivity index (χ3n) is 4.22. The van der Waals surface area contributed by atoms with Crippen LogP contribution in [0.3, 0.4) is 0 Å². The summed E-state index contributed by atoms with van der Waals surface area (Å²) in [4.78, 5) is 16.5. The topological polar surface area (TPSA) is 56.1 Å². The number of benzene rings is 2. The summed E-state index contributed by atoms with van der Waals surface area (Å²) in [6, 6.07) is 20.0. The van der Waals surface area contributed by atoms with Crippen LogP contribution in [0.5, 0.6) is 0 Å². The SMILES string of the molecule is N#C/C(=C/Nc1ccccc1Sc1ccccc1)C(=O)N1CCCCC1. The van der Waals surface area contributed by atoms with Crippen molar-refractivity contribution >= 4 is 23.4 Å². The molecule has 0 unspecified atom stereocenters. The molecule has 0 aliphatic carbocycles. The molecule has 0 atom stereocenters. The van der Waals surface area contributed by atoms with Crippen molar-refractivity contribution in [2.24, 2.45) is 0 Å². The number of carbonyl (C=O) groups excluding carboxylic acids is 1. The molecule has 0 radical (unpaired) electrons. The second kappa shape index (κ2) is 9.12. The van der Waals surface area contributed by atoms with E-state index in [9.17, 15) is 10.1 Å². The third kappa shape index (κ3) is 4.68. The molecule has 1 aliphatic rings. The molecule has 1 saturated heterocycles. The van der Waals surface area contributed by atoms with E-state index in [1.165, 1.54) is 6.20 Å². The predicted molar refractivity (Wildman–Crippen MR) is 105 cm³/mol. The van der Waals surface area contributed by atoms with Gasteiger partial charge in [-0.3, -0.25) is 4.79 Å². The molecule has 1 amide bonds. The molecular weight excluding hydrogens is 342 g/mol. The van der Waals surface area contributed by atoms with Gasteiger partial charge in [-0.2, -0.15) is 5.26 Å². The zero-order chi connectivity index (χ0) is 18.2. The highest BCUT2D eigenvalue weighted by molar-refractivity contribution is 7.99. The number of para-hydroxylation sites is 1. The minimum absolute atomic E-state index is 0.145. The van der Waals surface area contributed by atoms with Crippen LogP contribution in [0.2, 0.25) is 0 Å². The van der Waals surface area contributed by atoms with Gasteiger partial charge in [-0.1, -0.05) is 42.1 Å². The Hall–Kier alpha value is -2.71. The maximum atomic E-state index is 12.5. The highest BCUT2D eigenvalue weighted by Gasteiger charge is 2.20. The van der Waals surface area contributed by atoms with Crippen LogP contribution in [-0.2, 0) is 4.79 Å². The Morgan fingerprint density at radius 1 is 1.04 bits per heavy atom. The molecule has 1 heterocycles. The molecule has 132 valence electrons. The fraction of sp³-hybridized carbons (Fsp3) is 0.238. The Morgan fingerprint density at radius 3 is 2.46 bits per heavy atom. The molecule has 5 heteroatoms. The summed E-state index contributed by atoms with van der Waals surface area (Å²) in [7, 11) is 0. The molecule has 1 N–H and O–H groups in total. The van der Waals surface area contributed by atoms with E-state index in [0.29, 0.717) is 0 Å². The number of nitrogens with one attached hydrogen (secondary N) is 1. The molecule has 2 aromatic rings. The lowest BCUT2D eigenvalue weighted by Gasteiger charge is -2.26. The van der Waals surface area contributed by atoms with Crippen LogP contribution in [0.25, 0.3) is 0 Å². The Bertz CT molecular complexity index is 821. The zero-order valence-corrected chi connectivity index (χ0v) is 15.3. The molecule has 0 saturated carbocycles. The van der Waals surface area contributed by atoms with E-state index in [4.69, 9.17) is 0 Å². The molecule has 2 aromatic carbocycles. The average Bonchev–Trinajstić information content (AvgIpc) is 2.71. The summed E-state index contributed by atoms with van der Waals surface area (Å²) in [6.07, 6.45) is 4.70. The summed E-state index contributed by atoms with van der Waals surface area (Å²) in [6.45, 7) is 1.47. The number of amides is 1. The maximum Gasteiger partial charge on any atom is 0.266 e. The van der Waals surface area contributed by atoms with Crippen LogP contribution >= 0.6 is 11.8 Å². The molecule has 0 bridgehead atoms. The van der Waals surface area contributed by atoms with Crippen LogP contribution in [0.4, 0.5) is 5.69 Å². The summed E-state index contributed by atoms with van der Waals surface area (Å²) >= 11 is 1.64. The van der Waals surface area contributed by atoms with Gasteiger partial charge in [-0.05, 0) is 43.5 Å². The van der Waals surface area contributed by atoms with Gasteiger partial charge in [-0.25, -0.2) is 0 Å². The molecule has 3 rings (SSSR count). The van der Waals surface area contributed by atoms with Gasteiger partial charge in [0, 0.05) is 29.1 Å². The number of likely N-dealkylation sites (tertiary alicyclic amines) is 1. The third-order valence-corrected chi connectivity index (χ3v) is 5.31. The number of hydrogen-bond donors (Lipinski definition) is 1. The number of nitriles is 1. The monoisotopic (exact) mass is 363 g/mol. The van der Waals surface area contributed by atoms with Crippen molar-refractivity contribution in [3.8, 4) is 6.07 Å². The normalized spacial score (nSPS) is 14.6. The van der Waals surface area contributed by atoms with Gasteiger partial charge in [0.1, 0.15) is 11.6 Å². The first-order valence-corrected chi connectivity index (χ1v) is 9.57. The van der Waals surface area contributed by atoms with E-state index >= 15 is 0 Å². The number of anilines is 1. The first kappa shape index (κ1) is 18.1. The number of nitrogens with zero attached hydrogens (tertiary/aromatic N) is 2. The largest absolute Gasteiger partial charge is 0.359 e. The lowest BCUT2D eigenvalue weighted by molar-refractivity contribution is -0.127. The van der Waals surface area contributed by atoms with Crippen LogP contribution in [-0.4, -0.2) is 23.9 Å². The van der Waals surface area contributed by atoms with Gasteiger partial charge in [0.2, 0.25) is 0 Å². The van der Waals surface area contributed by atoms with Gasteiger partial charge in [-0.15, -0.1) is 0 Å². The van der Waals surface area contributed by atoms with Crippen molar-refractivity contribution in [2.45, 2.75) is 29.1 Å². The average molecular weight is 363 g/mol. The van der Waals surface area contributed by atoms with Gasteiger partial charge in [0.15, 0.2) is 0 Å². The van der Waals surface area contributed by atoms with Crippen molar-refractivity contribution in [3.63, 3.8) is 0 Å². The first-order valence-electron chi connectivity index (χ1n) is 8.76. The number of piperidine rings is 1. The second-order valence-electron chi connectivity index (χ2n) is 6.08. The molecule has 1 aliphatic heterocycles. The lowest BCUT2D eigenvalue weighted by Crippen LogP contribution is -2.36. The van der Waals surface area contributed by atoms with E-state index in [1.54, 1.807) is 16.7 Å². The second-order valence-corrected chi connectivity index (χ2v) is 7.19. The summed E-state index contributed by atoms with van der Waals surface area (Å²) in [5.41, 5.74) is 1.02. The van der Waals surface area contributed by atoms with E-state index in [0.717, 1.165) is 47.8 Å². The predicted octanol–water partition coefficient (Wildman–Crippen LogP) is 4.67. The standard InChI is InChI=1S/C21H21N3OS/c22-15-17(21(25)24-13-7-2-8-14-24)16-23-19-11-5-6-12-20(19)26-18-9-3-1-4-10-18/h1,3-6,9-12,16,23H,2,7-8,13-14H2/b17-16-. The van der Waals surface area contributed by atoms with E-state index in [1.807, 2.05) is 48.5 Å². The minimum Gasteiger partial charge on any atom is -0.359 e. The first-order chi connectivity index (χ1) is 12.8. The quantitative estimate of drug-likeness (QED) is 0.619.